The van der Waals surface area contributed by atoms with Crippen LogP contribution in [0.5, 0.6) is 5.75 Å². The molecule has 0 saturated carbocycles. The van der Waals surface area contributed by atoms with E-state index in [2.05, 4.69) is 96.6 Å². The molecule has 0 bridgehead atoms. The number of aromatic amines is 1. The van der Waals surface area contributed by atoms with E-state index in [1.165, 1.54) is 88.3 Å². The Morgan fingerprint density at radius 2 is 0.769 bits per heavy atom. The average molecular weight is 1910 g/mol. The number of phenolic OH excluding ortho intramolecular Hbond substituents is 1. The molecule has 1 aromatic carbocycles. The van der Waals surface area contributed by atoms with Crippen molar-refractivity contribution in [3.8, 4) is 5.75 Å². The summed E-state index contributed by atoms with van der Waals surface area (Å²) in [6.07, 6.45) is 16.9. The number of hydrogen-bond donors (Lipinski definition) is 28. The summed E-state index contributed by atoms with van der Waals surface area (Å²) in [5, 5.41) is 96.3. The number of nitrogens with two attached hydrogens (primary N) is 6. The molecule has 758 valence electrons. The number of primary amides is 1. The lowest BCUT2D eigenvalue weighted by Gasteiger charge is -2.29. The van der Waals surface area contributed by atoms with Crippen LogP contribution < -0.4 is 114 Å². The second kappa shape index (κ2) is 68.9. The predicted molar refractivity (Wildman–Crippen MR) is 509 cm³/mol. The van der Waals surface area contributed by atoms with Crippen LogP contribution >= 0.6 is 11.8 Å². The van der Waals surface area contributed by atoms with Crippen molar-refractivity contribution in [3.63, 3.8) is 0 Å². The molecule has 44 nitrogen and oxygen atoms in total. The fourth-order valence-electron chi connectivity index (χ4n) is 14.5. The zero-order chi connectivity index (χ0) is 100. The van der Waals surface area contributed by atoms with Gasteiger partial charge in [-0.3, -0.25) is 82.7 Å². The van der Waals surface area contributed by atoms with Gasteiger partial charge in [0.2, 0.25) is 82.7 Å². The van der Waals surface area contributed by atoms with Crippen molar-refractivity contribution in [2.24, 2.45) is 46.2 Å². The summed E-state index contributed by atoms with van der Waals surface area (Å²) in [6.45, 7) is 9.64. The number of thioether (sulfide) groups is 1. The van der Waals surface area contributed by atoms with Crippen LogP contribution in [0.15, 0.2) is 36.8 Å². The summed E-state index contributed by atoms with van der Waals surface area (Å²) in [4.78, 5) is 219. The zero-order valence-corrected chi connectivity index (χ0v) is 80.0. The first-order valence-electron chi connectivity index (χ1n) is 47.1. The standard InChI is InChI=1S/C89H157N25O19S/c1-8-9-10-11-12-13-14-15-16-17-18-19-20-34-72(118)102-68(48-57-35-37-59(117)38-36-57)85(131)114-74(56(6)116)87(133)108-63(31-23-26-42-92)77(123)105-65(33-28-44-100-89(96)97)80(126)110-67(47-55(4)5)82(128)112-70(50-73(119)120)84(130)113-71(52-115)86(132)111-69(49-58-51-98-53-101-58)83(129)107-64(32-27-43-99-88(94)95)78(124)104-62(30-22-25-41-91)79(125)109-66(46-54(2)3)81(127)106-61(29-21-24-40-90)76(122)103-60(75(93)121)39-45-134-7/h35-38,51,53-56,60-71,74,115-117H,8-34,39-50,52,90-92H2,1-7H3,(H2,93,121)(H,98,101)(H,102,118)(H,103,122)(H,104,124)(H,105,123)(H,106,127)(H,107,129)(H,108,133)(H,109,125)(H,110,126)(H,111,132)(H,112,128)(H,113,130)(H,114,131)(H,119,120)(H4,94,95,99)(H4,96,97,100)/t56-,60+,61+,62+,63+,64+,65+,66+,67+,68+,69+,70+,71+,74+/m1/s1. The highest BCUT2D eigenvalue weighted by atomic mass is 32.2. The minimum Gasteiger partial charge on any atom is -0.508 e. The minimum atomic E-state index is -2.08. The average Bonchev–Trinajstić information content (AvgIpc) is 1.12. The third kappa shape index (κ3) is 51.4. The fourth-order valence-corrected chi connectivity index (χ4v) is 15.0. The van der Waals surface area contributed by atoms with Crippen LogP contribution in [0, 0.1) is 22.7 Å². The number of H-pyrrole nitrogens is 1. The number of aliphatic carboxylic acids is 1. The van der Waals surface area contributed by atoms with Gasteiger partial charge in [-0.05, 0) is 177 Å². The third-order valence-electron chi connectivity index (χ3n) is 22.0. The Bertz CT molecular complexity index is 3910. The topological polar surface area (TPSA) is 750 Å². The van der Waals surface area contributed by atoms with E-state index in [-0.39, 0.29) is 140 Å². The Hall–Kier alpha value is -11.0. The second-order valence-corrected chi connectivity index (χ2v) is 35.7. The number of nitrogens with zero attached hydrogens (tertiary/aromatic N) is 1. The molecule has 0 saturated heterocycles. The highest BCUT2D eigenvalue weighted by Crippen LogP contribution is 2.19. The quantitative estimate of drug-likeness (QED) is 0.0210. The molecule has 0 aliphatic rings. The molecule has 0 fully saturated rings. The van der Waals surface area contributed by atoms with Crippen molar-refractivity contribution in [2.45, 2.75) is 338 Å². The maximum absolute atomic E-state index is 14.8. The molecule has 0 radical (unpaired) electrons. The molecule has 1 aromatic heterocycles. The van der Waals surface area contributed by atoms with Crippen molar-refractivity contribution in [2.75, 3.05) is 51.3 Å². The van der Waals surface area contributed by atoms with Gasteiger partial charge in [-0.1, -0.05) is 124 Å². The van der Waals surface area contributed by atoms with Gasteiger partial charge in [0, 0.05) is 44.2 Å². The first kappa shape index (κ1) is 119. The SMILES string of the molecule is CCCCCCCCCCCCCCCC(=O)N[C@@H](Cc1ccc(O)cc1)C(=O)N[C@H](C(=O)N[C@@H](CCCCN)C(=O)N[C@@H](CCCNC(=N)N)C(=O)N[C@@H](CC(C)C)C(=O)N[C@@H](CC(=O)O)C(=O)N[C@@H](CO)C(=O)N[C@@H](Cc1cnc[nH]1)C(=O)N[C@@H](CCCNC(=N)N)C(=O)N[C@@H](CCCCN)C(=O)N[C@@H](CC(C)C)C(=O)N[C@@H](CCCCN)C(=O)N[C@@H](CCSC)C(N)=O)[C@@H](C)O. The van der Waals surface area contributed by atoms with E-state index in [0.717, 1.165) is 32.1 Å². The van der Waals surface area contributed by atoms with E-state index >= 15 is 0 Å². The number of hydrogen-bond acceptors (Lipinski definition) is 25. The van der Waals surface area contributed by atoms with Gasteiger partial charge in [-0.25, -0.2) is 4.98 Å². The number of benzene rings is 1. The smallest absolute Gasteiger partial charge is 0.305 e. The molecule has 14 atom stereocenters. The van der Waals surface area contributed by atoms with Gasteiger partial charge < -0.3 is 140 Å². The van der Waals surface area contributed by atoms with E-state index in [4.69, 9.17) is 45.2 Å². The minimum absolute atomic E-state index is 0.0163. The highest BCUT2D eigenvalue weighted by Gasteiger charge is 2.40. The monoisotopic (exact) mass is 1910 g/mol. The molecule has 2 rings (SSSR count). The number of aliphatic hydroxyl groups excluding tert-OH is 2. The lowest BCUT2D eigenvalue weighted by Crippen LogP contribution is -2.62. The normalized spacial score (nSPS) is 14.4. The zero-order valence-electron chi connectivity index (χ0n) is 79.2. The van der Waals surface area contributed by atoms with Gasteiger partial charge in [0.05, 0.1) is 25.5 Å². The number of carboxylic acid groups (broad SMARTS) is 1. The highest BCUT2D eigenvalue weighted by molar-refractivity contribution is 7.98. The van der Waals surface area contributed by atoms with E-state index in [9.17, 15) is 92.3 Å². The number of unbranched alkanes of at least 4 members (excludes halogenated alkanes) is 15. The molecule has 2 aromatic rings. The molecule has 0 spiro atoms. The molecular formula is C89H157N25O19S. The Labute approximate surface area is 790 Å². The van der Waals surface area contributed by atoms with Crippen LogP contribution in [0.3, 0.4) is 0 Å². The van der Waals surface area contributed by atoms with Crippen molar-refractivity contribution < 1.29 is 92.3 Å². The van der Waals surface area contributed by atoms with Crippen molar-refractivity contribution in [3.05, 3.63) is 48.0 Å². The molecular weight excluding hydrogens is 1760 g/mol. The Kier molecular flexibility index (Phi) is 61.2. The fraction of sp³-hybridized carbons (Fsp3) is 0.708. The van der Waals surface area contributed by atoms with Crippen LogP contribution in [0.1, 0.15) is 252 Å². The molecule has 0 unspecified atom stereocenters. The summed E-state index contributed by atoms with van der Waals surface area (Å²) in [5.41, 5.74) is 35.0. The predicted octanol–water partition coefficient (Wildman–Crippen LogP) is -1.22. The van der Waals surface area contributed by atoms with Crippen LogP contribution in [-0.4, -0.2) is 267 Å². The van der Waals surface area contributed by atoms with Gasteiger partial charge in [-0.15, -0.1) is 0 Å². The Morgan fingerprint density at radius 3 is 1.15 bits per heavy atom. The van der Waals surface area contributed by atoms with Crippen molar-refractivity contribution in [1.29, 1.82) is 10.8 Å². The number of nitrogens with one attached hydrogen (secondary N) is 18. The van der Waals surface area contributed by atoms with Crippen LogP contribution in [0.25, 0.3) is 0 Å². The molecule has 34 N–H and O–H groups in total. The Morgan fingerprint density at radius 1 is 0.418 bits per heavy atom. The molecule has 14 amide bonds. The number of imidazole rings is 1. The second-order valence-electron chi connectivity index (χ2n) is 34.7. The lowest BCUT2D eigenvalue weighted by atomic mass is 10.00. The number of carboxylic acids is 1. The van der Waals surface area contributed by atoms with Crippen LogP contribution in [-0.2, 0) is 84.8 Å². The van der Waals surface area contributed by atoms with E-state index in [1.807, 2.05) is 6.26 Å². The number of aromatic nitrogens is 2. The number of carbonyl (C=O) groups excluding carboxylic acids is 14. The van der Waals surface area contributed by atoms with Gasteiger partial charge in [0.1, 0.15) is 84.3 Å². The molecule has 0 aliphatic heterocycles. The lowest BCUT2D eigenvalue weighted by molar-refractivity contribution is -0.142. The van der Waals surface area contributed by atoms with Crippen molar-refractivity contribution in [1.82, 2.24) is 89.7 Å². The third-order valence-corrected chi connectivity index (χ3v) is 22.6. The molecule has 0 aliphatic carbocycles. The van der Waals surface area contributed by atoms with Crippen molar-refractivity contribution >= 4 is 112 Å². The molecule has 1 heterocycles. The number of rotatable bonds is 75. The molecule has 45 heteroatoms. The summed E-state index contributed by atoms with van der Waals surface area (Å²) in [7, 11) is 0. The number of phenols is 1. The van der Waals surface area contributed by atoms with Gasteiger partial charge in [-0.2, -0.15) is 11.8 Å². The maximum atomic E-state index is 14.8. The van der Waals surface area contributed by atoms with E-state index < -0.39 is 211 Å². The first-order valence-corrected chi connectivity index (χ1v) is 48.4. The largest absolute Gasteiger partial charge is 0.508 e. The maximum Gasteiger partial charge on any atom is 0.305 e. The summed E-state index contributed by atoms with van der Waals surface area (Å²) < 4.78 is 0. The van der Waals surface area contributed by atoms with Gasteiger partial charge >= 0.3 is 5.97 Å². The van der Waals surface area contributed by atoms with E-state index in [0.29, 0.717) is 43.4 Å². The Balaban J connectivity index is 2.55. The van der Waals surface area contributed by atoms with Crippen LogP contribution in [0.2, 0.25) is 0 Å². The number of carbonyl (C=O) groups is 15. The summed E-state index contributed by atoms with van der Waals surface area (Å²) >= 11 is 1.43. The molecule has 134 heavy (non-hydrogen) atoms. The number of aliphatic hydroxyl groups is 2. The number of guanidine groups is 2. The first-order chi connectivity index (χ1) is 63.8. The number of amides is 14. The van der Waals surface area contributed by atoms with E-state index in [1.54, 1.807) is 39.8 Å². The summed E-state index contributed by atoms with van der Waals surface area (Å²) in [5.74, 6) is -16.1. The summed E-state index contributed by atoms with van der Waals surface area (Å²) in [6, 6.07) is -14.2. The van der Waals surface area contributed by atoms with Gasteiger partial charge in [0.15, 0.2) is 11.9 Å². The number of aromatic hydroxyl groups is 1. The van der Waals surface area contributed by atoms with Gasteiger partial charge in [0.25, 0.3) is 0 Å². The van der Waals surface area contributed by atoms with Crippen LogP contribution in [0.4, 0.5) is 0 Å².